The maximum atomic E-state index is 13.9. The number of nitrogens with zero attached hydrogens (tertiary/aromatic N) is 6. The molecule has 12 nitrogen and oxygen atoms in total. The van der Waals surface area contributed by atoms with E-state index in [9.17, 15) is 28.5 Å². The van der Waals surface area contributed by atoms with E-state index in [2.05, 4.69) is 20.6 Å². The van der Waals surface area contributed by atoms with Crippen molar-refractivity contribution < 1.29 is 42.7 Å². The molecule has 8 unspecified atom stereocenters. The molecular weight excluding hydrogens is 605 g/mol. The van der Waals surface area contributed by atoms with Crippen molar-refractivity contribution in [2.45, 2.75) is 85.2 Å². The van der Waals surface area contributed by atoms with Gasteiger partial charge in [0.2, 0.25) is 0 Å². The molecule has 2 aliphatic heterocycles. The molecule has 8 atom stereocenters. The highest BCUT2D eigenvalue weighted by molar-refractivity contribution is 8.00. The van der Waals surface area contributed by atoms with Crippen LogP contribution >= 0.6 is 11.8 Å². The zero-order valence-electron chi connectivity index (χ0n) is 24.0. The third kappa shape index (κ3) is 6.12. The molecule has 240 valence electrons. The third-order valence-corrected chi connectivity index (χ3v) is 10.2. The lowest BCUT2D eigenvalue weighted by molar-refractivity contribution is -0.186. The fourth-order valence-electron chi connectivity index (χ4n) is 6.29. The summed E-state index contributed by atoms with van der Waals surface area (Å²) in [5, 5.41) is 48.9. The molecule has 1 saturated carbocycles. The first-order valence-electron chi connectivity index (χ1n) is 14.7. The molecule has 0 amide bonds. The predicted molar refractivity (Wildman–Crippen MR) is 150 cm³/mol. The van der Waals surface area contributed by atoms with Crippen molar-refractivity contribution >= 4 is 11.8 Å². The van der Waals surface area contributed by atoms with E-state index >= 15 is 0 Å². The maximum Gasteiger partial charge on any atom is 0.194 e. The molecule has 6 rings (SSSR count). The second-order valence-electron chi connectivity index (χ2n) is 11.5. The van der Waals surface area contributed by atoms with Gasteiger partial charge in [0.05, 0.1) is 43.1 Å². The summed E-state index contributed by atoms with van der Waals surface area (Å²) in [7, 11) is 1.42. The Hall–Kier alpha value is -2.60. The van der Waals surface area contributed by atoms with Gasteiger partial charge in [-0.3, -0.25) is 0 Å². The van der Waals surface area contributed by atoms with Crippen LogP contribution in [0.1, 0.15) is 55.8 Å². The first kappa shape index (κ1) is 31.4. The number of aromatic nitrogens is 6. The molecule has 0 spiro atoms. The van der Waals surface area contributed by atoms with E-state index in [0.29, 0.717) is 5.92 Å². The van der Waals surface area contributed by atoms with Gasteiger partial charge in [-0.1, -0.05) is 29.7 Å². The summed E-state index contributed by atoms with van der Waals surface area (Å²) in [5.74, 6) is -4.00. The lowest BCUT2D eigenvalue weighted by Gasteiger charge is -2.45. The van der Waals surface area contributed by atoms with Crippen LogP contribution in [0, 0.1) is 17.5 Å². The number of methoxy groups -OCH3 is 1. The fraction of sp³-hybridized carbons (Fsp3) is 0.643. The summed E-state index contributed by atoms with van der Waals surface area (Å²) in [6.45, 7) is -0.0802. The predicted octanol–water partition coefficient (Wildman–Crippen LogP) is 2.37. The van der Waals surface area contributed by atoms with Crippen LogP contribution in [0.25, 0.3) is 11.3 Å². The highest BCUT2D eigenvalue weighted by atomic mass is 32.2. The van der Waals surface area contributed by atoms with Crippen molar-refractivity contribution in [1.29, 1.82) is 0 Å². The van der Waals surface area contributed by atoms with Crippen LogP contribution in [-0.4, -0.2) is 107 Å². The van der Waals surface area contributed by atoms with Crippen LogP contribution in [0.5, 0.6) is 0 Å². The van der Waals surface area contributed by atoms with Crippen molar-refractivity contribution in [2.75, 3.05) is 26.9 Å². The molecule has 0 radical (unpaired) electrons. The standard InChI is InChI=1S/C28H35F3N6O6S/c1-41-27-24(37-10-19(33-35-37)15-7-16(29)23(31)17(30)8-15)26(40)21(11-38)43-28(27)44-22-13-42-12-20(25(22)39)36-9-18(32-34-36)14-5-3-2-4-6-14/h7-10,14,20-22,24-28,38-40H,2-6,11-13H2,1H3. The Morgan fingerprint density at radius 1 is 0.977 bits per heavy atom. The molecule has 44 heavy (non-hydrogen) atoms. The number of benzene rings is 1. The van der Waals surface area contributed by atoms with Crippen LogP contribution in [0.4, 0.5) is 13.2 Å². The first-order valence-corrected chi connectivity index (χ1v) is 15.6. The molecule has 2 saturated heterocycles. The maximum absolute atomic E-state index is 13.9. The number of ether oxygens (including phenoxy) is 3. The SMILES string of the molecule is COC1C(SC2COCC(n3cc(C4CCCCC4)nn3)C2O)OC(CO)C(O)C1n1cc(-c2cc(F)c(F)c(F)c2)nn1. The molecule has 4 heterocycles. The molecule has 1 aliphatic carbocycles. The number of thioether (sulfide) groups is 1. The van der Waals surface area contributed by atoms with Crippen LogP contribution in [-0.2, 0) is 14.2 Å². The summed E-state index contributed by atoms with van der Waals surface area (Å²) in [4.78, 5) is 0. The topological polar surface area (TPSA) is 150 Å². The summed E-state index contributed by atoms with van der Waals surface area (Å²) in [5.41, 5.74) is 0.0821. The Labute approximate surface area is 255 Å². The Morgan fingerprint density at radius 2 is 1.70 bits per heavy atom. The highest BCUT2D eigenvalue weighted by Crippen LogP contribution is 2.41. The van der Waals surface area contributed by atoms with Crippen molar-refractivity contribution in [3.63, 3.8) is 0 Å². The molecule has 3 aromatic rings. The lowest BCUT2D eigenvalue weighted by Crippen LogP contribution is -2.56. The van der Waals surface area contributed by atoms with E-state index in [-0.39, 0.29) is 24.5 Å². The number of rotatable bonds is 8. The van der Waals surface area contributed by atoms with Gasteiger partial charge in [-0.05, 0) is 25.0 Å². The molecule has 3 N–H and O–H groups in total. The summed E-state index contributed by atoms with van der Waals surface area (Å²) < 4.78 is 61.9. The van der Waals surface area contributed by atoms with Gasteiger partial charge in [-0.15, -0.1) is 22.0 Å². The van der Waals surface area contributed by atoms with Gasteiger partial charge in [0, 0.05) is 24.8 Å². The van der Waals surface area contributed by atoms with E-state index in [1.807, 2.05) is 6.20 Å². The van der Waals surface area contributed by atoms with Gasteiger partial charge in [0.1, 0.15) is 41.5 Å². The molecule has 0 bridgehead atoms. The average Bonchev–Trinajstić information content (AvgIpc) is 3.72. The normalized spacial score (nSPS) is 31.8. The summed E-state index contributed by atoms with van der Waals surface area (Å²) in [6, 6.07) is 0.153. The van der Waals surface area contributed by atoms with Gasteiger partial charge in [0.15, 0.2) is 17.5 Å². The Balaban J connectivity index is 1.21. The molecule has 3 fully saturated rings. The van der Waals surface area contributed by atoms with E-state index in [1.54, 1.807) is 4.68 Å². The van der Waals surface area contributed by atoms with E-state index in [4.69, 9.17) is 14.2 Å². The highest BCUT2D eigenvalue weighted by Gasteiger charge is 2.49. The number of aliphatic hydroxyl groups excluding tert-OH is 3. The van der Waals surface area contributed by atoms with Crippen LogP contribution in [0.3, 0.4) is 0 Å². The van der Waals surface area contributed by atoms with Crippen LogP contribution < -0.4 is 0 Å². The molecule has 16 heteroatoms. The zero-order chi connectivity index (χ0) is 31.0. The van der Waals surface area contributed by atoms with E-state index in [0.717, 1.165) is 43.5 Å². The quantitative estimate of drug-likeness (QED) is 0.312. The minimum atomic E-state index is -1.60. The summed E-state index contributed by atoms with van der Waals surface area (Å²) >= 11 is 1.24. The van der Waals surface area contributed by atoms with Gasteiger partial charge in [-0.2, -0.15) is 0 Å². The minimum absolute atomic E-state index is 0.0282. The smallest absolute Gasteiger partial charge is 0.194 e. The second kappa shape index (κ2) is 13.4. The van der Waals surface area contributed by atoms with Gasteiger partial charge in [-0.25, -0.2) is 22.5 Å². The average molecular weight is 641 g/mol. The fourth-order valence-corrected chi connectivity index (χ4v) is 7.79. The number of hydrogen-bond acceptors (Lipinski definition) is 11. The van der Waals surface area contributed by atoms with Gasteiger partial charge >= 0.3 is 0 Å². The van der Waals surface area contributed by atoms with Crippen molar-refractivity contribution in [3.05, 3.63) is 47.7 Å². The Bertz CT molecular complexity index is 1400. The van der Waals surface area contributed by atoms with E-state index in [1.165, 1.54) is 36.2 Å². The molecular formula is C28H35F3N6O6S. The largest absolute Gasteiger partial charge is 0.394 e. The van der Waals surface area contributed by atoms with Crippen molar-refractivity contribution in [2.24, 2.45) is 0 Å². The third-order valence-electron chi connectivity index (χ3n) is 8.74. The number of aliphatic hydroxyl groups is 3. The van der Waals surface area contributed by atoms with Gasteiger partial charge < -0.3 is 29.5 Å². The first-order chi connectivity index (χ1) is 21.3. The summed E-state index contributed by atoms with van der Waals surface area (Å²) in [6.07, 6.45) is 4.81. The number of hydrogen-bond donors (Lipinski definition) is 3. The number of halogens is 3. The Morgan fingerprint density at radius 3 is 2.41 bits per heavy atom. The second-order valence-corrected chi connectivity index (χ2v) is 12.8. The van der Waals surface area contributed by atoms with Crippen LogP contribution in [0.15, 0.2) is 24.5 Å². The lowest BCUT2D eigenvalue weighted by atomic mass is 9.87. The Kier molecular flexibility index (Phi) is 9.56. The van der Waals surface area contributed by atoms with E-state index < -0.39 is 71.2 Å². The molecule has 1 aromatic carbocycles. The van der Waals surface area contributed by atoms with Crippen molar-refractivity contribution in [3.8, 4) is 11.3 Å². The van der Waals surface area contributed by atoms with Gasteiger partial charge in [0.25, 0.3) is 0 Å². The molecule has 3 aliphatic rings. The molecule has 2 aromatic heterocycles. The van der Waals surface area contributed by atoms with Crippen molar-refractivity contribution in [1.82, 2.24) is 30.0 Å². The zero-order valence-corrected chi connectivity index (χ0v) is 24.8. The van der Waals surface area contributed by atoms with Crippen LogP contribution in [0.2, 0.25) is 0 Å². The minimum Gasteiger partial charge on any atom is -0.394 e. The monoisotopic (exact) mass is 640 g/mol.